The summed E-state index contributed by atoms with van der Waals surface area (Å²) in [6, 6.07) is 4.35. The molecule has 2 atom stereocenters. The van der Waals surface area contributed by atoms with Crippen molar-refractivity contribution in [1.29, 1.82) is 0 Å². The molecule has 1 amide bonds. The van der Waals surface area contributed by atoms with E-state index in [1.54, 1.807) is 0 Å². The van der Waals surface area contributed by atoms with Gasteiger partial charge in [-0.25, -0.2) is 0 Å². The Labute approximate surface area is 147 Å². The van der Waals surface area contributed by atoms with Crippen LogP contribution < -0.4 is 20.1 Å². The fourth-order valence-electron chi connectivity index (χ4n) is 3.15. The third-order valence-electron chi connectivity index (χ3n) is 4.29. The minimum absolute atomic E-state index is 0.0761. The highest BCUT2D eigenvalue weighted by Crippen LogP contribution is 2.35. The zero-order chi connectivity index (χ0) is 16.9. The molecule has 0 bridgehead atoms. The normalized spacial score (nSPS) is 22.6. The maximum atomic E-state index is 12.2. The highest BCUT2D eigenvalue weighted by Gasteiger charge is 2.22. The van der Waals surface area contributed by atoms with Gasteiger partial charge < -0.3 is 20.1 Å². The summed E-state index contributed by atoms with van der Waals surface area (Å²) in [5.41, 5.74) is 2.16. The highest BCUT2D eigenvalue weighted by molar-refractivity contribution is 7.99. The van der Waals surface area contributed by atoms with Gasteiger partial charge in [-0.2, -0.15) is 11.8 Å². The smallest absolute Gasteiger partial charge is 0.221 e. The van der Waals surface area contributed by atoms with E-state index in [1.807, 2.05) is 24.8 Å². The van der Waals surface area contributed by atoms with E-state index in [4.69, 9.17) is 9.47 Å². The molecule has 1 fully saturated rings. The van der Waals surface area contributed by atoms with E-state index in [0.717, 1.165) is 41.5 Å². The Morgan fingerprint density at radius 3 is 3.12 bits per heavy atom. The monoisotopic (exact) mass is 350 g/mol. The Balaban J connectivity index is 1.61. The van der Waals surface area contributed by atoms with Gasteiger partial charge in [0.05, 0.1) is 6.61 Å². The fourth-order valence-corrected chi connectivity index (χ4v) is 4.10. The van der Waals surface area contributed by atoms with E-state index in [9.17, 15) is 4.79 Å². The van der Waals surface area contributed by atoms with Crippen molar-refractivity contribution >= 4 is 17.7 Å². The molecule has 2 aliphatic rings. The van der Waals surface area contributed by atoms with Crippen molar-refractivity contribution in [2.75, 3.05) is 24.7 Å². The molecule has 1 aromatic carbocycles. The molecule has 132 valence electrons. The molecule has 24 heavy (non-hydrogen) atoms. The van der Waals surface area contributed by atoms with Crippen molar-refractivity contribution in [2.45, 2.75) is 45.4 Å². The molecule has 0 radical (unpaired) electrons. The SMILES string of the molecule is CCOc1cc2c(cc1CNC(=O)CC1CSCCN1)OC(C)C2. The summed E-state index contributed by atoms with van der Waals surface area (Å²) in [7, 11) is 0. The topological polar surface area (TPSA) is 59.6 Å². The molecule has 2 aliphatic heterocycles. The predicted octanol–water partition coefficient (Wildman–Crippen LogP) is 2.12. The van der Waals surface area contributed by atoms with Gasteiger partial charge in [-0.1, -0.05) is 0 Å². The van der Waals surface area contributed by atoms with Crippen LogP contribution in [-0.4, -0.2) is 42.7 Å². The molecule has 1 saturated heterocycles. The summed E-state index contributed by atoms with van der Waals surface area (Å²) >= 11 is 1.90. The van der Waals surface area contributed by atoms with Crippen LogP contribution in [0.5, 0.6) is 11.5 Å². The number of hydrogen-bond donors (Lipinski definition) is 2. The fraction of sp³-hybridized carbons (Fsp3) is 0.611. The van der Waals surface area contributed by atoms with Crippen molar-refractivity contribution in [3.63, 3.8) is 0 Å². The van der Waals surface area contributed by atoms with E-state index in [2.05, 4.69) is 23.6 Å². The number of thioether (sulfide) groups is 1. The Hall–Kier alpha value is -1.40. The molecule has 0 spiro atoms. The van der Waals surface area contributed by atoms with E-state index in [0.29, 0.717) is 19.6 Å². The molecule has 0 aliphatic carbocycles. The highest BCUT2D eigenvalue weighted by atomic mass is 32.2. The molecule has 5 nitrogen and oxygen atoms in total. The van der Waals surface area contributed by atoms with Crippen LogP contribution in [0.2, 0.25) is 0 Å². The van der Waals surface area contributed by atoms with Crippen molar-refractivity contribution in [3.05, 3.63) is 23.3 Å². The van der Waals surface area contributed by atoms with Crippen LogP contribution in [0.15, 0.2) is 12.1 Å². The number of ether oxygens (including phenoxy) is 2. The first kappa shape index (κ1) is 17.4. The average Bonchev–Trinajstić information content (AvgIpc) is 2.93. The lowest BCUT2D eigenvalue weighted by Crippen LogP contribution is -2.41. The van der Waals surface area contributed by atoms with Gasteiger partial charge >= 0.3 is 0 Å². The summed E-state index contributed by atoms with van der Waals surface area (Å²) in [5, 5.41) is 6.42. The number of carbonyl (C=O) groups is 1. The maximum absolute atomic E-state index is 12.2. The number of rotatable bonds is 6. The van der Waals surface area contributed by atoms with Crippen LogP contribution in [0.4, 0.5) is 0 Å². The summed E-state index contributed by atoms with van der Waals surface area (Å²) in [6.45, 7) is 6.11. The molecule has 0 saturated carbocycles. The molecule has 2 N–H and O–H groups in total. The molecule has 3 rings (SSSR count). The lowest BCUT2D eigenvalue weighted by Gasteiger charge is -2.22. The van der Waals surface area contributed by atoms with Gasteiger partial charge in [0.1, 0.15) is 17.6 Å². The summed E-state index contributed by atoms with van der Waals surface area (Å²) in [4.78, 5) is 12.2. The van der Waals surface area contributed by atoms with Crippen molar-refractivity contribution < 1.29 is 14.3 Å². The van der Waals surface area contributed by atoms with Gasteiger partial charge in [-0.15, -0.1) is 0 Å². The quantitative estimate of drug-likeness (QED) is 0.823. The van der Waals surface area contributed by atoms with E-state index < -0.39 is 0 Å². The molecular formula is C18H26N2O3S. The zero-order valence-corrected chi connectivity index (χ0v) is 15.2. The Morgan fingerprint density at radius 2 is 2.38 bits per heavy atom. The third-order valence-corrected chi connectivity index (χ3v) is 5.42. The number of carbonyl (C=O) groups excluding carboxylic acids is 1. The molecule has 0 aromatic heterocycles. The number of nitrogens with one attached hydrogen (secondary N) is 2. The molecule has 2 unspecified atom stereocenters. The summed E-state index contributed by atoms with van der Waals surface area (Å²) in [6.07, 6.45) is 1.64. The van der Waals surface area contributed by atoms with Crippen molar-refractivity contribution in [2.24, 2.45) is 0 Å². The van der Waals surface area contributed by atoms with Gasteiger partial charge in [0, 0.05) is 54.6 Å². The van der Waals surface area contributed by atoms with Crippen LogP contribution in [0.25, 0.3) is 0 Å². The predicted molar refractivity (Wildman–Crippen MR) is 97.0 cm³/mol. The first-order valence-corrected chi connectivity index (χ1v) is 9.84. The zero-order valence-electron chi connectivity index (χ0n) is 14.4. The Bertz CT molecular complexity index is 588. The van der Waals surface area contributed by atoms with E-state index >= 15 is 0 Å². The van der Waals surface area contributed by atoms with Crippen LogP contribution >= 0.6 is 11.8 Å². The molecule has 6 heteroatoms. The van der Waals surface area contributed by atoms with Crippen LogP contribution in [-0.2, 0) is 17.8 Å². The number of amides is 1. The Kier molecular flexibility index (Phi) is 5.89. The van der Waals surface area contributed by atoms with Crippen LogP contribution in [0, 0.1) is 0 Å². The second kappa shape index (κ2) is 8.12. The van der Waals surface area contributed by atoms with Crippen molar-refractivity contribution in [3.8, 4) is 11.5 Å². The van der Waals surface area contributed by atoms with Gasteiger partial charge in [-0.3, -0.25) is 4.79 Å². The number of fused-ring (bicyclic) bond motifs is 1. The first-order valence-electron chi connectivity index (χ1n) is 8.68. The van der Waals surface area contributed by atoms with E-state index in [-0.39, 0.29) is 18.1 Å². The lowest BCUT2D eigenvalue weighted by atomic mass is 10.1. The molecular weight excluding hydrogens is 324 g/mol. The lowest BCUT2D eigenvalue weighted by molar-refractivity contribution is -0.121. The van der Waals surface area contributed by atoms with Crippen LogP contribution in [0.1, 0.15) is 31.4 Å². The average molecular weight is 350 g/mol. The van der Waals surface area contributed by atoms with E-state index in [1.165, 1.54) is 5.56 Å². The number of hydrogen-bond acceptors (Lipinski definition) is 5. The van der Waals surface area contributed by atoms with Crippen LogP contribution in [0.3, 0.4) is 0 Å². The van der Waals surface area contributed by atoms with Gasteiger partial charge in [0.25, 0.3) is 0 Å². The minimum Gasteiger partial charge on any atom is -0.494 e. The second-order valence-corrected chi connectivity index (χ2v) is 7.49. The Morgan fingerprint density at radius 1 is 1.50 bits per heavy atom. The third kappa shape index (κ3) is 4.36. The summed E-state index contributed by atoms with van der Waals surface area (Å²) < 4.78 is 11.6. The molecule has 2 heterocycles. The van der Waals surface area contributed by atoms with Gasteiger partial charge in [0.2, 0.25) is 5.91 Å². The molecule has 1 aromatic rings. The second-order valence-electron chi connectivity index (χ2n) is 6.34. The largest absolute Gasteiger partial charge is 0.494 e. The van der Waals surface area contributed by atoms with Gasteiger partial charge in [-0.05, 0) is 26.0 Å². The maximum Gasteiger partial charge on any atom is 0.221 e. The van der Waals surface area contributed by atoms with Gasteiger partial charge in [0.15, 0.2) is 0 Å². The van der Waals surface area contributed by atoms with Crippen molar-refractivity contribution in [1.82, 2.24) is 10.6 Å². The first-order chi connectivity index (χ1) is 11.7. The summed E-state index contributed by atoms with van der Waals surface area (Å²) in [5.74, 6) is 3.97. The minimum atomic E-state index is 0.0761. The number of benzene rings is 1. The standard InChI is InChI=1S/C18H26N2O3S/c1-3-22-16-7-13-6-12(2)23-17(13)8-14(16)10-20-18(21)9-15-11-24-5-4-19-15/h7-8,12,15,19H,3-6,9-11H2,1-2H3,(H,20,21).